The molecule has 0 heterocycles. The van der Waals surface area contributed by atoms with Crippen molar-refractivity contribution < 1.29 is 23.9 Å². The van der Waals surface area contributed by atoms with Crippen LogP contribution in [0.2, 0.25) is 0 Å². The minimum absolute atomic E-state index is 0.0383. The van der Waals surface area contributed by atoms with Gasteiger partial charge in [-0.05, 0) is 52.4 Å². The van der Waals surface area contributed by atoms with E-state index in [0.29, 0.717) is 19.3 Å². The fourth-order valence-electron chi connectivity index (χ4n) is 3.00. The van der Waals surface area contributed by atoms with E-state index in [1.54, 1.807) is 34.9 Å². The van der Waals surface area contributed by atoms with Crippen LogP contribution >= 0.6 is 0 Å². The van der Waals surface area contributed by atoms with Crippen molar-refractivity contribution >= 4 is 18.0 Å². The van der Waals surface area contributed by atoms with E-state index in [-0.39, 0.29) is 30.6 Å². The van der Waals surface area contributed by atoms with E-state index >= 15 is 0 Å². The van der Waals surface area contributed by atoms with E-state index in [9.17, 15) is 14.4 Å². The molecule has 1 N–H and O–H groups in total. The number of carbonyl (C=O) groups is 3. The van der Waals surface area contributed by atoms with E-state index in [2.05, 4.69) is 5.32 Å². The maximum atomic E-state index is 12.6. The molecule has 0 aromatic rings. The molecule has 0 aromatic heterocycles. The number of hydrogen-bond acceptors (Lipinski definition) is 5. The summed E-state index contributed by atoms with van der Waals surface area (Å²) in [6.45, 7) is 5.54. The smallest absolute Gasteiger partial charge is 0.418 e. The molecule has 8 heteroatoms. The molecule has 1 aliphatic rings. The summed E-state index contributed by atoms with van der Waals surface area (Å²) in [5.41, 5.74) is -0.668. The number of nitrogens with one attached hydrogen (secondary N) is 1. The summed E-state index contributed by atoms with van der Waals surface area (Å²) >= 11 is 0. The number of urea groups is 1. The van der Waals surface area contributed by atoms with Crippen molar-refractivity contribution in [2.75, 3.05) is 27.9 Å². The molecular weight excluding hydrogens is 338 g/mol. The van der Waals surface area contributed by atoms with Crippen LogP contribution in [0.1, 0.15) is 52.9 Å². The molecule has 1 saturated carbocycles. The van der Waals surface area contributed by atoms with Crippen molar-refractivity contribution in [3.8, 4) is 0 Å². The number of ether oxygens (including phenoxy) is 2. The first-order chi connectivity index (χ1) is 12.0. The molecule has 0 unspecified atom stereocenters. The average molecular weight is 371 g/mol. The second-order valence-electron chi connectivity index (χ2n) is 7.94. The highest BCUT2D eigenvalue weighted by Crippen LogP contribution is 2.31. The third kappa shape index (κ3) is 7.19. The molecule has 0 spiro atoms. The minimum atomic E-state index is -0.668. The molecular formula is C18H33N3O5. The van der Waals surface area contributed by atoms with Crippen molar-refractivity contribution in [2.24, 2.45) is 5.92 Å². The molecule has 0 saturated heterocycles. The van der Waals surface area contributed by atoms with E-state index in [4.69, 9.17) is 9.47 Å². The maximum absolute atomic E-state index is 12.6. The Kier molecular flexibility index (Phi) is 8.33. The highest BCUT2D eigenvalue weighted by Gasteiger charge is 2.37. The minimum Gasteiger partial charge on any atom is -0.443 e. The number of carbonyl (C=O) groups excluding carboxylic acids is 3. The van der Waals surface area contributed by atoms with Gasteiger partial charge in [-0.3, -0.25) is 4.79 Å². The summed E-state index contributed by atoms with van der Waals surface area (Å²) in [5.74, 6) is 0.210. The largest absolute Gasteiger partial charge is 0.443 e. The van der Waals surface area contributed by atoms with Crippen LogP contribution in [0.4, 0.5) is 9.59 Å². The number of nitrogens with zero attached hydrogens (tertiary/aromatic N) is 2. The molecule has 0 atom stereocenters. The van der Waals surface area contributed by atoms with Gasteiger partial charge in [0.2, 0.25) is 5.91 Å². The lowest BCUT2D eigenvalue weighted by atomic mass is 9.83. The maximum Gasteiger partial charge on any atom is 0.418 e. The average Bonchev–Trinajstić information content (AvgIpc) is 2.52. The van der Waals surface area contributed by atoms with Crippen LogP contribution in [0.25, 0.3) is 0 Å². The summed E-state index contributed by atoms with van der Waals surface area (Å²) in [7, 11) is 4.76. The van der Waals surface area contributed by atoms with Gasteiger partial charge in [0.1, 0.15) is 12.3 Å². The lowest BCUT2D eigenvalue weighted by Crippen LogP contribution is -2.51. The number of amides is 4. The van der Waals surface area contributed by atoms with Gasteiger partial charge in [-0.2, -0.15) is 0 Å². The van der Waals surface area contributed by atoms with Crippen LogP contribution in [0, 0.1) is 5.92 Å². The lowest BCUT2D eigenvalue weighted by Gasteiger charge is -2.37. The molecule has 1 fully saturated rings. The predicted molar refractivity (Wildman–Crippen MR) is 97.5 cm³/mol. The summed E-state index contributed by atoms with van der Waals surface area (Å²) < 4.78 is 10.3. The Labute approximate surface area is 156 Å². The first kappa shape index (κ1) is 22.2. The van der Waals surface area contributed by atoms with Crippen molar-refractivity contribution in [3.63, 3.8) is 0 Å². The number of hydrogen-bond donors (Lipinski definition) is 1. The van der Waals surface area contributed by atoms with Crippen molar-refractivity contribution in [2.45, 2.75) is 64.5 Å². The Balaban J connectivity index is 2.69. The topological polar surface area (TPSA) is 88.2 Å². The van der Waals surface area contributed by atoms with Gasteiger partial charge in [-0.1, -0.05) is 0 Å². The van der Waals surface area contributed by atoms with Crippen LogP contribution in [0.5, 0.6) is 0 Å². The summed E-state index contributed by atoms with van der Waals surface area (Å²) in [6.07, 6.45) is 2.72. The molecule has 0 aromatic carbocycles. The van der Waals surface area contributed by atoms with Gasteiger partial charge in [0.15, 0.2) is 0 Å². The Hall–Kier alpha value is -1.83. The highest BCUT2D eigenvalue weighted by molar-refractivity contribution is 5.91. The third-order valence-electron chi connectivity index (χ3n) is 4.25. The Bertz CT molecular complexity index is 494. The monoisotopic (exact) mass is 371 g/mol. The molecule has 26 heavy (non-hydrogen) atoms. The zero-order valence-electron chi connectivity index (χ0n) is 16.8. The normalized spacial score (nSPS) is 20.2. The van der Waals surface area contributed by atoms with Crippen LogP contribution in [0.15, 0.2) is 0 Å². The van der Waals surface area contributed by atoms with Crippen molar-refractivity contribution in [3.05, 3.63) is 0 Å². The van der Waals surface area contributed by atoms with Gasteiger partial charge < -0.3 is 19.7 Å². The number of methoxy groups -OCH3 is 1. The predicted octanol–water partition coefficient (Wildman–Crippen LogP) is 2.57. The Morgan fingerprint density at radius 3 is 2.12 bits per heavy atom. The van der Waals surface area contributed by atoms with Crippen LogP contribution in [-0.4, -0.2) is 67.4 Å². The highest BCUT2D eigenvalue weighted by atomic mass is 16.6. The Morgan fingerprint density at radius 1 is 1.08 bits per heavy atom. The van der Waals surface area contributed by atoms with Gasteiger partial charge in [0, 0.05) is 33.7 Å². The molecule has 1 aliphatic carbocycles. The van der Waals surface area contributed by atoms with Gasteiger partial charge in [-0.15, -0.1) is 0 Å². The molecule has 150 valence electrons. The first-order valence-electron chi connectivity index (χ1n) is 9.04. The standard InChI is InChI=1S/C18H33N3O5/c1-18(2,3)26-17(24)21(16(23)20(4)5)14-9-7-13(8-10-14)11-15(22)19-12-25-6/h13-14H,7-12H2,1-6H3,(H,19,22). The molecule has 0 aliphatic heterocycles. The van der Waals surface area contributed by atoms with Crippen molar-refractivity contribution in [1.29, 1.82) is 0 Å². The second kappa shape index (κ2) is 9.75. The molecule has 0 bridgehead atoms. The van der Waals surface area contributed by atoms with E-state index < -0.39 is 11.7 Å². The lowest BCUT2D eigenvalue weighted by molar-refractivity contribution is -0.123. The zero-order valence-corrected chi connectivity index (χ0v) is 16.8. The van der Waals surface area contributed by atoms with Gasteiger partial charge >= 0.3 is 12.1 Å². The quantitative estimate of drug-likeness (QED) is 0.751. The van der Waals surface area contributed by atoms with Gasteiger partial charge in [0.25, 0.3) is 0 Å². The fourth-order valence-corrected chi connectivity index (χ4v) is 3.00. The third-order valence-corrected chi connectivity index (χ3v) is 4.25. The fraction of sp³-hybridized carbons (Fsp3) is 0.833. The summed E-state index contributed by atoms with van der Waals surface area (Å²) in [4.78, 5) is 39.5. The molecule has 4 amide bonds. The van der Waals surface area contributed by atoms with Gasteiger partial charge in [0.05, 0.1) is 0 Å². The van der Waals surface area contributed by atoms with E-state index in [0.717, 1.165) is 12.8 Å². The zero-order chi connectivity index (χ0) is 19.9. The SMILES string of the molecule is COCNC(=O)CC1CCC(N(C(=O)OC(C)(C)C)C(=O)N(C)C)CC1. The van der Waals surface area contributed by atoms with Gasteiger partial charge in [-0.25, -0.2) is 14.5 Å². The first-order valence-corrected chi connectivity index (χ1v) is 9.04. The summed E-state index contributed by atoms with van der Waals surface area (Å²) in [5, 5.41) is 2.68. The molecule has 8 nitrogen and oxygen atoms in total. The van der Waals surface area contributed by atoms with E-state index in [1.807, 2.05) is 0 Å². The number of rotatable bonds is 5. The van der Waals surface area contributed by atoms with Crippen LogP contribution in [0.3, 0.4) is 0 Å². The molecule has 1 rings (SSSR count). The van der Waals surface area contributed by atoms with E-state index in [1.165, 1.54) is 16.9 Å². The molecule has 0 radical (unpaired) electrons. The second-order valence-corrected chi connectivity index (χ2v) is 7.94. The van der Waals surface area contributed by atoms with Crippen molar-refractivity contribution in [1.82, 2.24) is 15.1 Å². The Morgan fingerprint density at radius 2 is 1.65 bits per heavy atom. The van der Waals surface area contributed by atoms with Crippen LogP contribution in [-0.2, 0) is 14.3 Å². The summed E-state index contributed by atoms with van der Waals surface area (Å²) in [6, 6.07) is -0.585. The van der Waals surface area contributed by atoms with Crippen LogP contribution < -0.4 is 5.32 Å². The number of imide groups is 1.